The number of nitriles is 2. The van der Waals surface area contributed by atoms with Crippen LogP contribution in [0.4, 0.5) is 0 Å². The zero-order valence-electron chi connectivity index (χ0n) is 10.2. The van der Waals surface area contributed by atoms with Crippen LogP contribution < -0.4 is 4.74 Å². The monoisotopic (exact) mass is 390 g/mol. The van der Waals surface area contributed by atoms with E-state index < -0.39 is 0 Å². The van der Waals surface area contributed by atoms with Crippen molar-refractivity contribution in [2.75, 3.05) is 0 Å². The molecule has 98 valence electrons. The lowest BCUT2D eigenvalue weighted by Gasteiger charge is -2.11. The second-order valence-electron chi connectivity index (χ2n) is 3.94. The van der Waals surface area contributed by atoms with Crippen LogP contribution in [0.5, 0.6) is 5.75 Å². The molecule has 0 saturated heterocycles. The Kier molecular flexibility index (Phi) is 4.79. The summed E-state index contributed by atoms with van der Waals surface area (Å²) >= 11 is 6.75. The Labute approximate surface area is 133 Å². The highest BCUT2D eigenvalue weighted by Gasteiger charge is 2.10. The van der Waals surface area contributed by atoms with Crippen LogP contribution in [0, 0.1) is 22.7 Å². The van der Waals surface area contributed by atoms with Crippen LogP contribution in [0.25, 0.3) is 0 Å². The van der Waals surface area contributed by atoms with Gasteiger partial charge in [0.05, 0.1) is 32.2 Å². The minimum Gasteiger partial charge on any atom is -0.486 e. The molecular weight excluding hydrogens is 384 g/mol. The Morgan fingerprint density at radius 2 is 1.65 bits per heavy atom. The van der Waals surface area contributed by atoms with Crippen molar-refractivity contribution < 1.29 is 4.74 Å². The fourth-order valence-electron chi connectivity index (χ4n) is 1.67. The van der Waals surface area contributed by atoms with Crippen LogP contribution >= 0.6 is 31.9 Å². The Morgan fingerprint density at radius 1 is 1.00 bits per heavy atom. The molecule has 0 bridgehead atoms. The van der Waals surface area contributed by atoms with Gasteiger partial charge in [0, 0.05) is 5.56 Å². The third-order valence-electron chi connectivity index (χ3n) is 2.64. The van der Waals surface area contributed by atoms with Gasteiger partial charge in [-0.25, -0.2) is 0 Å². The van der Waals surface area contributed by atoms with Gasteiger partial charge >= 0.3 is 0 Å². The number of hydrogen-bond donors (Lipinski definition) is 0. The SMILES string of the molecule is N#Cc1cc(Br)c(OCc2ccccc2C#N)c(Br)c1. The molecule has 2 aromatic carbocycles. The van der Waals surface area contributed by atoms with Gasteiger partial charge in [-0.1, -0.05) is 18.2 Å². The zero-order chi connectivity index (χ0) is 14.5. The molecule has 0 aliphatic carbocycles. The van der Waals surface area contributed by atoms with Crippen LogP contribution in [0.3, 0.4) is 0 Å². The second-order valence-corrected chi connectivity index (χ2v) is 5.65. The first kappa shape index (κ1) is 14.6. The average Bonchev–Trinajstić information content (AvgIpc) is 2.46. The molecule has 0 aliphatic rings. The molecule has 0 N–H and O–H groups in total. The van der Waals surface area contributed by atoms with Gasteiger partial charge in [-0.15, -0.1) is 0 Å². The van der Waals surface area contributed by atoms with Gasteiger partial charge in [0.1, 0.15) is 12.4 Å². The smallest absolute Gasteiger partial charge is 0.148 e. The Bertz CT molecular complexity index is 706. The molecule has 2 rings (SSSR count). The van der Waals surface area contributed by atoms with Crippen molar-refractivity contribution in [1.29, 1.82) is 10.5 Å². The quantitative estimate of drug-likeness (QED) is 0.771. The predicted octanol–water partition coefficient (Wildman–Crippen LogP) is 4.53. The fourth-order valence-corrected chi connectivity index (χ4v) is 3.08. The maximum atomic E-state index is 9.03. The third kappa shape index (κ3) is 3.19. The summed E-state index contributed by atoms with van der Waals surface area (Å²) in [7, 11) is 0. The molecular formula is C15H8Br2N2O. The van der Waals surface area contributed by atoms with Crippen molar-refractivity contribution >= 4 is 31.9 Å². The summed E-state index contributed by atoms with van der Waals surface area (Å²) in [6.07, 6.45) is 0. The van der Waals surface area contributed by atoms with Crippen LogP contribution in [0.2, 0.25) is 0 Å². The summed E-state index contributed by atoms with van der Waals surface area (Å²) in [5.41, 5.74) is 1.94. The van der Waals surface area contributed by atoms with Gasteiger partial charge in [0.2, 0.25) is 0 Å². The number of ether oxygens (including phenoxy) is 1. The minimum absolute atomic E-state index is 0.285. The van der Waals surface area contributed by atoms with E-state index in [1.807, 2.05) is 18.2 Å². The van der Waals surface area contributed by atoms with Gasteiger partial charge in [-0.3, -0.25) is 0 Å². The average molecular weight is 392 g/mol. The number of halogens is 2. The van der Waals surface area contributed by atoms with Crippen molar-refractivity contribution in [3.63, 3.8) is 0 Å². The summed E-state index contributed by atoms with van der Waals surface area (Å²) < 4.78 is 7.13. The van der Waals surface area contributed by atoms with E-state index in [-0.39, 0.29) is 6.61 Å². The van der Waals surface area contributed by atoms with Gasteiger partial charge in [-0.05, 0) is 50.1 Å². The maximum absolute atomic E-state index is 9.03. The lowest BCUT2D eigenvalue weighted by Crippen LogP contribution is -1.99. The van der Waals surface area contributed by atoms with Crippen LogP contribution in [-0.4, -0.2) is 0 Å². The van der Waals surface area contributed by atoms with Crippen molar-refractivity contribution in [2.45, 2.75) is 6.61 Å². The summed E-state index contributed by atoms with van der Waals surface area (Å²) in [6.45, 7) is 0.285. The molecule has 0 saturated carbocycles. The molecule has 0 heterocycles. The van der Waals surface area contributed by atoms with Crippen LogP contribution in [-0.2, 0) is 6.61 Å². The molecule has 3 nitrogen and oxygen atoms in total. The first-order chi connectivity index (χ1) is 9.65. The molecule has 0 radical (unpaired) electrons. The highest BCUT2D eigenvalue weighted by molar-refractivity contribution is 9.11. The van der Waals surface area contributed by atoms with E-state index >= 15 is 0 Å². The molecule has 0 aliphatic heterocycles. The molecule has 0 spiro atoms. The number of hydrogen-bond acceptors (Lipinski definition) is 3. The van der Waals surface area contributed by atoms with E-state index in [9.17, 15) is 0 Å². The summed E-state index contributed by atoms with van der Waals surface area (Å²) in [4.78, 5) is 0. The van der Waals surface area contributed by atoms with Crippen LogP contribution in [0.1, 0.15) is 16.7 Å². The lowest BCUT2D eigenvalue weighted by molar-refractivity contribution is 0.302. The van der Waals surface area contributed by atoms with E-state index in [1.165, 1.54) is 0 Å². The number of nitrogens with zero attached hydrogens (tertiary/aromatic N) is 2. The van der Waals surface area contributed by atoms with Gasteiger partial charge in [-0.2, -0.15) is 10.5 Å². The first-order valence-electron chi connectivity index (χ1n) is 5.65. The van der Waals surface area contributed by atoms with E-state index in [2.05, 4.69) is 44.0 Å². The maximum Gasteiger partial charge on any atom is 0.148 e. The van der Waals surface area contributed by atoms with Crippen molar-refractivity contribution in [2.24, 2.45) is 0 Å². The van der Waals surface area contributed by atoms with Crippen molar-refractivity contribution in [1.82, 2.24) is 0 Å². The van der Waals surface area contributed by atoms with E-state index in [1.54, 1.807) is 18.2 Å². The zero-order valence-corrected chi connectivity index (χ0v) is 13.4. The summed E-state index contributed by atoms with van der Waals surface area (Å²) in [6, 6.07) is 14.9. The Hall–Kier alpha value is -1.82. The summed E-state index contributed by atoms with van der Waals surface area (Å²) in [5.74, 6) is 0.608. The fraction of sp³-hybridized carbons (Fsp3) is 0.0667. The number of benzene rings is 2. The molecule has 0 amide bonds. The normalized spacial score (nSPS) is 9.60. The van der Waals surface area contributed by atoms with E-state index in [4.69, 9.17) is 15.3 Å². The topological polar surface area (TPSA) is 56.8 Å². The Balaban J connectivity index is 2.24. The molecule has 2 aromatic rings. The highest BCUT2D eigenvalue weighted by atomic mass is 79.9. The molecule has 5 heteroatoms. The minimum atomic E-state index is 0.285. The molecule has 20 heavy (non-hydrogen) atoms. The number of rotatable bonds is 3. The molecule has 0 aromatic heterocycles. The largest absolute Gasteiger partial charge is 0.486 e. The van der Waals surface area contributed by atoms with Crippen LogP contribution in [0.15, 0.2) is 45.3 Å². The Morgan fingerprint density at radius 3 is 2.25 bits per heavy atom. The third-order valence-corrected chi connectivity index (χ3v) is 3.82. The van der Waals surface area contributed by atoms with Crippen molar-refractivity contribution in [3.05, 3.63) is 62.0 Å². The first-order valence-corrected chi connectivity index (χ1v) is 7.24. The van der Waals surface area contributed by atoms with Crippen molar-refractivity contribution in [3.8, 4) is 17.9 Å². The standard InChI is InChI=1S/C15H8Br2N2O/c16-13-5-10(7-18)6-14(17)15(13)20-9-12-4-2-1-3-11(12)8-19/h1-6H,9H2. The van der Waals surface area contributed by atoms with E-state index in [0.29, 0.717) is 25.8 Å². The predicted molar refractivity (Wildman–Crippen MR) is 82.0 cm³/mol. The molecule has 0 atom stereocenters. The second kappa shape index (κ2) is 6.56. The van der Waals surface area contributed by atoms with Gasteiger partial charge in [0.25, 0.3) is 0 Å². The molecule has 0 fully saturated rings. The summed E-state index contributed by atoms with van der Waals surface area (Å²) in [5, 5.41) is 17.9. The van der Waals surface area contributed by atoms with Gasteiger partial charge < -0.3 is 4.74 Å². The highest BCUT2D eigenvalue weighted by Crippen LogP contribution is 2.35. The lowest BCUT2D eigenvalue weighted by atomic mass is 10.1. The van der Waals surface area contributed by atoms with E-state index in [0.717, 1.165) is 5.56 Å². The molecule has 0 unspecified atom stereocenters. The van der Waals surface area contributed by atoms with Gasteiger partial charge in [0.15, 0.2) is 0 Å².